The number of rotatable bonds is 4. The summed E-state index contributed by atoms with van der Waals surface area (Å²) in [6, 6.07) is 13.9. The molecule has 0 spiro atoms. The summed E-state index contributed by atoms with van der Waals surface area (Å²) in [5, 5.41) is 13.2. The average Bonchev–Trinajstić information content (AvgIpc) is 2.60. The lowest BCUT2D eigenvalue weighted by atomic mass is 9.70. The third-order valence-electron chi connectivity index (χ3n) is 4.93. The third kappa shape index (κ3) is 4.03. The second-order valence-corrected chi connectivity index (χ2v) is 7.75. The first-order chi connectivity index (χ1) is 11.9. The molecule has 25 heavy (non-hydrogen) atoms. The molecule has 3 N–H and O–H groups in total. The van der Waals surface area contributed by atoms with Crippen molar-refractivity contribution in [3.8, 4) is 0 Å². The Hall–Kier alpha value is -1.88. The van der Waals surface area contributed by atoms with Crippen molar-refractivity contribution in [2.24, 2.45) is 0 Å². The Labute approximate surface area is 153 Å². The number of halogens is 1. The topological polar surface area (TPSA) is 61.4 Å². The smallest absolute Gasteiger partial charge is 0.274 e. The van der Waals surface area contributed by atoms with Gasteiger partial charge in [-0.2, -0.15) is 0 Å². The van der Waals surface area contributed by atoms with Crippen molar-refractivity contribution in [1.29, 1.82) is 0 Å². The predicted octanol–water partition coefficient (Wildman–Crippen LogP) is 3.84. The first-order valence-electron chi connectivity index (χ1n) is 8.45. The molecule has 2 aromatic rings. The fraction of sp³-hybridized carbons (Fsp3) is 0.350. The second kappa shape index (κ2) is 7.16. The molecule has 1 atom stereocenters. The minimum atomic E-state index is -0.471. The number of carbonyl (C=O) groups is 1. The van der Waals surface area contributed by atoms with E-state index in [1.165, 1.54) is 16.7 Å². The van der Waals surface area contributed by atoms with Crippen molar-refractivity contribution in [3.05, 3.63) is 69.7 Å². The molecule has 0 heterocycles. The normalized spacial score (nSPS) is 18.5. The van der Waals surface area contributed by atoms with Crippen LogP contribution < -0.4 is 10.8 Å². The second-order valence-electron chi connectivity index (χ2n) is 7.31. The summed E-state index contributed by atoms with van der Waals surface area (Å²) < 4.78 is 0. The quantitative estimate of drug-likeness (QED) is 0.574. The minimum Gasteiger partial charge on any atom is -0.310 e. The molecule has 0 aliphatic heterocycles. The Morgan fingerprint density at radius 2 is 1.96 bits per heavy atom. The van der Waals surface area contributed by atoms with Gasteiger partial charge in [0.05, 0.1) is 0 Å². The van der Waals surface area contributed by atoms with Gasteiger partial charge in [0.2, 0.25) is 0 Å². The monoisotopic (exact) mass is 358 g/mol. The van der Waals surface area contributed by atoms with Gasteiger partial charge in [0.15, 0.2) is 0 Å². The van der Waals surface area contributed by atoms with Crippen LogP contribution in [0.2, 0.25) is 5.02 Å². The van der Waals surface area contributed by atoms with E-state index < -0.39 is 5.91 Å². The summed E-state index contributed by atoms with van der Waals surface area (Å²) in [7, 11) is 0. The molecule has 1 unspecified atom stereocenters. The molecule has 0 aromatic heterocycles. The van der Waals surface area contributed by atoms with Gasteiger partial charge >= 0.3 is 0 Å². The molecule has 2 aromatic carbocycles. The van der Waals surface area contributed by atoms with E-state index >= 15 is 0 Å². The number of nitrogens with one attached hydrogen (secondary N) is 2. The fourth-order valence-corrected chi connectivity index (χ4v) is 3.79. The number of hydroxylamine groups is 1. The van der Waals surface area contributed by atoms with Crippen LogP contribution in [0.5, 0.6) is 0 Å². The molecule has 4 nitrogen and oxygen atoms in total. The molecule has 1 aliphatic carbocycles. The first kappa shape index (κ1) is 17.9. The van der Waals surface area contributed by atoms with Gasteiger partial charge in [-0.05, 0) is 59.2 Å². The summed E-state index contributed by atoms with van der Waals surface area (Å²) in [6.07, 6.45) is 1.91. The van der Waals surface area contributed by atoms with Crippen LogP contribution in [0.25, 0.3) is 0 Å². The van der Waals surface area contributed by atoms with E-state index in [9.17, 15) is 4.79 Å². The Morgan fingerprint density at radius 1 is 1.24 bits per heavy atom. The average molecular weight is 359 g/mol. The lowest BCUT2D eigenvalue weighted by Crippen LogP contribution is -2.41. The number of hydrogen-bond donors (Lipinski definition) is 3. The van der Waals surface area contributed by atoms with Crippen LogP contribution in [0, 0.1) is 0 Å². The third-order valence-corrected chi connectivity index (χ3v) is 5.19. The van der Waals surface area contributed by atoms with E-state index in [1.807, 2.05) is 36.4 Å². The molecule has 3 rings (SSSR count). The fourth-order valence-electron chi connectivity index (χ4n) is 3.66. The SMILES string of the molecule is CC1(C)CC(NCc2ccc(Cl)cc2)Cc2ccc(C(=O)NO)cc21. The highest BCUT2D eigenvalue weighted by molar-refractivity contribution is 6.30. The van der Waals surface area contributed by atoms with Gasteiger partial charge < -0.3 is 5.32 Å². The maximum absolute atomic E-state index is 11.7. The summed E-state index contributed by atoms with van der Waals surface area (Å²) in [5.74, 6) is -0.471. The van der Waals surface area contributed by atoms with E-state index in [0.29, 0.717) is 11.6 Å². The molecular weight excluding hydrogens is 336 g/mol. The highest BCUT2D eigenvalue weighted by Gasteiger charge is 2.33. The molecular formula is C20H23ClN2O2. The van der Waals surface area contributed by atoms with Crippen LogP contribution in [0.4, 0.5) is 0 Å². The molecule has 0 bridgehead atoms. The standard InChI is InChI=1S/C20H23ClN2O2/c1-20(2)11-17(22-12-13-3-7-16(21)8-4-13)9-14-5-6-15(10-18(14)20)19(24)23-25/h3-8,10,17,22,25H,9,11-12H2,1-2H3,(H,23,24). The van der Waals surface area contributed by atoms with Crippen molar-refractivity contribution in [2.75, 3.05) is 0 Å². The van der Waals surface area contributed by atoms with E-state index in [2.05, 4.69) is 19.2 Å². The summed E-state index contributed by atoms with van der Waals surface area (Å²) >= 11 is 5.94. The van der Waals surface area contributed by atoms with Gasteiger partial charge in [-0.15, -0.1) is 0 Å². The maximum Gasteiger partial charge on any atom is 0.274 e. The summed E-state index contributed by atoms with van der Waals surface area (Å²) in [4.78, 5) is 11.7. The molecule has 1 amide bonds. The lowest BCUT2D eigenvalue weighted by molar-refractivity contribution is 0.0706. The molecule has 132 valence electrons. The van der Waals surface area contributed by atoms with Gasteiger partial charge in [-0.25, -0.2) is 5.48 Å². The van der Waals surface area contributed by atoms with Crippen LogP contribution in [-0.2, 0) is 18.4 Å². The van der Waals surface area contributed by atoms with Gasteiger partial charge in [-0.3, -0.25) is 10.0 Å². The molecule has 1 aliphatic rings. The van der Waals surface area contributed by atoms with Crippen molar-refractivity contribution in [2.45, 2.75) is 44.7 Å². The predicted molar refractivity (Wildman–Crippen MR) is 99.1 cm³/mol. The van der Waals surface area contributed by atoms with Gasteiger partial charge in [-0.1, -0.05) is 43.6 Å². The van der Waals surface area contributed by atoms with Crippen LogP contribution in [0.1, 0.15) is 47.3 Å². The van der Waals surface area contributed by atoms with Crippen LogP contribution in [0.15, 0.2) is 42.5 Å². The Balaban J connectivity index is 1.75. The van der Waals surface area contributed by atoms with Gasteiger partial charge in [0, 0.05) is 23.2 Å². The van der Waals surface area contributed by atoms with E-state index in [-0.39, 0.29) is 5.41 Å². The van der Waals surface area contributed by atoms with E-state index in [0.717, 1.165) is 24.4 Å². The van der Waals surface area contributed by atoms with Gasteiger partial charge in [0.1, 0.15) is 0 Å². The maximum atomic E-state index is 11.7. The molecule has 0 fully saturated rings. The molecule has 0 radical (unpaired) electrons. The number of fused-ring (bicyclic) bond motifs is 1. The van der Waals surface area contributed by atoms with Gasteiger partial charge in [0.25, 0.3) is 5.91 Å². The van der Waals surface area contributed by atoms with Crippen molar-refractivity contribution < 1.29 is 10.0 Å². The van der Waals surface area contributed by atoms with Crippen LogP contribution >= 0.6 is 11.6 Å². The Morgan fingerprint density at radius 3 is 2.64 bits per heavy atom. The zero-order valence-electron chi connectivity index (χ0n) is 14.5. The summed E-state index contributed by atoms with van der Waals surface area (Å²) in [5.41, 5.74) is 5.79. The number of carbonyl (C=O) groups excluding carboxylic acids is 1. The highest BCUT2D eigenvalue weighted by Crippen LogP contribution is 2.37. The minimum absolute atomic E-state index is 0.0447. The van der Waals surface area contributed by atoms with E-state index in [1.54, 1.807) is 11.5 Å². The Kier molecular flexibility index (Phi) is 5.13. The van der Waals surface area contributed by atoms with Crippen LogP contribution in [0.3, 0.4) is 0 Å². The zero-order valence-corrected chi connectivity index (χ0v) is 15.2. The summed E-state index contributed by atoms with van der Waals surface area (Å²) in [6.45, 7) is 5.20. The van der Waals surface area contributed by atoms with Crippen LogP contribution in [-0.4, -0.2) is 17.2 Å². The first-order valence-corrected chi connectivity index (χ1v) is 8.82. The largest absolute Gasteiger partial charge is 0.310 e. The Bertz CT molecular complexity index is 772. The zero-order chi connectivity index (χ0) is 18.0. The molecule has 0 saturated carbocycles. The van der Waals surface area contributed by atoms with E-state index in [4.69, 9.17) is 16.8 Å². The highest BCUT2D eigenvalue weighted by atomic mass is 35.5. The number of benzene rings is 2. The number of hydrogen-bond acceptors (Lipinski definition) is 3. The lowest BCUT2D eigenvalue weighted by Gasteiger charge is -2.38. The molecule has 5 heteroatoms. The number of amides is 1. The van der Waals surface area contributed by atoms with Crippen molar-refractivity contribution in [3.63, 3.8) is 0 Å². The molecule has 0 saturated heterocycles. The van der Waals surface area contributed by atoms with Crippen molar-refractivity contribution in [1.82, 2.24) is 10.8 Å². The van der Waals surface area contributed by atoms with Crippen molar-refractivity contribution >= 4 is 17.5 Å².